The summed E-state index contributed by atoms with van der Waals surface area (Å²) >= 11 is 0. The molecular weight excluding hydrogens is 242 g/mol. The molecule has 0 bridgehead atoms. The summed E-state index contributed by atoms with van der Waals surface area (Å²) in [6, 6.07) is 11.6. The van der Waals surface area contributed by atoms with Crippen molar-refractivity contribution in [3.63, 3.8) is 0 Å². The minimum absolute atomic E-state index is 0.155. The third-order valence-corrected chi connectivity index (χ3v) is 2.93. The van der Waals surface area contributed by atoms with Crippen LogP contribution < -0.4 is 11.1 Å². The Bertz CT molecular complexity index is 509. The second-order valence-corrected chi connectivity index (χ2v) is 4.25. The summed E-state index contributed by atoms with van der Waals surface area (Å²) in [5, 5.41) is 15.3. The van der Waals surface area contributed by atoms with Crippen LogP contribution in [0.3, 0.4) is 0 Å². The second-order valence-electron chi connectivity index (χ2n) is 4.25. The third kappa shape index (κ3) is 3.59. The van der Waals surface area contributed by atoms with Crippen LogP contribution in [0.25, 0.3) is 0 Å². The van der Waals surface area contributed by atoms with Crippen molar-refractivity contribution in [2.24, 2.45) is 10.9 Å². The van der Waals surface area contributed by atoms with E-state index in [1.165, 1.54) is 0 Å². The Morgan fingerprint density at radius 2 is 2.11 bits per heavy atom. The molecule has 0 aliphatic heterocycles. The molecule has 1 aromatic heterocycles. The molecule has 5 nitrogen and oxygen atoms in total. The Hall–Kier alpha value is -2.27. The van der Waals surface area contributed by atoms with E-state index in [0.717, 1.165) is 11.1 Å². The number of furan rings is 1. The topological polar surface area (TPSA) is 83.8 Å². The highest BCUT2D eigenvalue weighted by Gasteiger charge is 2.15. The molecule has 4 N–H and O–H groups in total. The number of hydrogen-bond donors (Lipinski definition) is 3. The molecule has 0 saturated carbocycles. The van der Waals surface area contributed by atoms with Gasteiger partial charge in [0.2, 0.25) is 0 Å². The van der Waals surface area contributed by atoms with Crippen molar-refractivity contribution in [3.8, 4) is 0 Å². The largest absolute Gasteiger partial charge is 0.472 e. The van der Waals surface area contributed by atoms with Crippen molar-refractivity contribution in [2.75, 3.05) is 6.54 Å². The van der Waals surface area contributed by atoms with Gasteiger partial charge in [-0.15, -0.1) is 0 Å². The molecule has 0 aliphatic carbocycles. The van der Waals surface area contributed by atoms with E-state index >= 15 is 0 Å². The number of amidine groups is 1. The van der Waals surface area contributed by atoms with Gasteiger partial charge in [-0.2, -0.15) is 0 Å². The summed E-state index contributed by atoms with van der Waals surface area (Å²) in [5.74, 6) is 0.0454. The molecule has 1 unspecified atom stereocenters. The molecule has 0 spiro atoms. The number of nitrogens with zero attached hydrogens (tertiary/aromatic N) is 1. The highest BCUT2D eigenvalue weighted by Crippen LogP contribution is 2.15. The fraction of sp³-hybridized carbons (Fsp3) is 0.214. The molecule has 0 amide bonds. The maximum atomic E-state index is 8.87. The summed E-state index contributed by atoms with van der Waals surface area (Å²) in [5.41, 5.74) is 7.82. The van der Waals surface area contributed by atoms with Crippen LogP contribution in [0.15, 0.2) is 58.5 Å². The molecule has 1 heterocycles. The van der Waals surface area contributed by atoms with Gasteiger partial charge in [0, 0.05) is 18.7 Å². The Kier molecular flexibility index (Phi) is 4.58. The predicted molar refractivity (Wildman–Crippen MR) is 73.0 cm³/mol. The number of hydrogen-bond acceptors (Lipinski definition) is 4. The standard InChI is InChI=1S/C14H17N3O2/c15-14(17-18)13(12-4-2-1-3-5-12)9-16-8-11-6-7-19-10-11/h1-7,10,13,16,18H,8-9H2,(H2,15,17). The monoisotopic (exact) mass is 259 g/mol. The Morgan fingerprint density at radius 1 is 1.32 bits per heavy atom. The van der Waals surface area contributed by atoms with E-state index < -0.39 is 0 Å². The van der Waals surface area contributed by atoms with E-state index in [2.05, 4.69) is 10.5 Å². The first-order valence-electron chi connectivity index (χ1n) is 6.05. The molecule has 100 valence electrons. The number of oxime groups is 1. The zero-order valence-corrected chi connectivity index (χ0v) is 10.5. The summed E-state index contributed by atoms with van der Waals surface area (Å²) in [7, 11) is 0. The van der Waals surface area contributed by atoms with Crippen LogP contribution in [0.4, 0.5) is 0 Å². The molecule has 2 rings (SSSR count). The molecule has 0 fully saturated rings. The Morgan fingerprint density at radius 3 is 2.74 bits per heavy atom. The van der Waals surface area contributed by atoms with Gasteiger partial charge < -0.3 is 20.7 Å². The number of benzene rings is 1. The second kappa shape index (κ2) is 6.61. The first kappa shape index (κ1) is 13.2. The van der Waals surface area contributed by atoms with Crippen molar-refractivity contribution in [2.45, 2.75) is 12.5 Å². The van der Waals surface area contributed by atoms with E-state index in [-0.39, 0.29) is 11.8 Å². The van der Waals surface area contributed by atoms with E-state index in [1.807, 2.05) is 36.4 Å². The van der Waals surface area contributed by atoms with E-state index in [9.17, 15) is 0 Å². The molecule has 0 saturated heterocycles. The van der Waals surface area contributed by atoms with Crippen molar-refractivity contribution in [3.05, 3.63) is 60.1 Å². The van der Waals surface area contributed by atoms with Crippen LogP contribution in [0.2, 0.25) is 0 Å². The Labute approximate surface area is 111 Å². The zero-order chi connectivity index (χ0) is 13.5. The van der Waals surface area contributed by atoms with Crippen LogP contribution >= 0.6 is 0 Å². The minimum Gasteiger partial charge on any atom is -0.472 e. The Balaban J connectivity index is 1.99. The van der Waals surface area contributed by atoms with Gasteiger partial charge >= 0.3 is 0 Å². The smallest absolute Gasteiger partial charge is 0.147 e. The first-order valence-corrected chi connectivity index (χ1v) is 6.05. The lowest BCUT2D eigenvalue weighted by molar-refractivity contribution is 0.315. The molecule has 19 heavy (non-hydrogen) atoms. The van der Waals surface area contributed by atoms with Crippen molar-refractivity contribution in [1.82, 2.24) is 5.32 Å². The summed E-state index contributed by atoms with van der Waals surface area (Å²) in [4.78, 5) is 0. The van der Waals surface area contributed by atoms with Gasteiger partial charge in [-0.3, -0.25) is 0 Å². The van der Waals surface area contributed by atoms with Gasteiger partial charge in [0.15, 0.2) is 0 Å². The van der Waals surface area contributed by atoms with Gasteiger partial charge in [-0.1, -0.05) is 35.5 Å². The molecule has 5 heteroatoms. The first-order chi connectivity index (χ1) is 9.31. The SMILES string of the molecule is N/C(=N/O)C(CNCc1ccoc1)c1ccccc1. The van der Waals surface area contributed by atoms with Crippen LogP contribution in [-0.4, -0.2) is 17.6 Å². The van der Waals surface area contributed by atoms with Crippen LogP contribution in [0, 0.1) is 0 Å². The average molecular weight is 259 g/mol. The predicted octanol–water partition coefficient (Wildman–Crippen LogP) is 1.90. The summed E-state index contributed by atoms with van der Waals surface area (Å²) in [6.45, 7) is 1.27. The molecule has 2 aromatic rings. The minimum atomic E-state index is -0.155. The van der Waals surface area contributed by atoms with Crippen molar-refractivity contribution >= 4 is 5.84 Å². The number of nitrogens with one attached hydrogen (secondary N) is 1. The molecule has 0 radical (unpaired) electrons. The normalized spacial score (nSPS) is 13.4. The molecule has 0 aliphatic rings. The van der Waals surface area contributed by atoms with E-state index in [0.29, 0.717) is 13.1 Å². The molecular formula is C14H17N3O2. The highest BCUT2D eigenvalue weighted by molar-refractivity contribution is 5.87. The number of rotatable bonds is 6. The number of nitrogens with two attached hydrogens (primary N) is 1. The van der Waals surface area contributed by atoms with Crippen LogP contribution in [0.1, 0.15) is 17.0 Å². The molecule has 1 atom stereocenters. The van der Waals surface area contributed by atoms with E-state index in [1.54, 1.807) is 12.5 Å². The lowest BCUT2D eigenvalue weighted by Gasteiger charge is -2.16. The maximum absolute atomic E-state index is 8.87. The quantitative estimate of drug-likeness (QED) is 0.320. The van der Waals surface area contributed by atoms with E-state index in [4.69, 9.17) is 15.4 Å². The van der Waals surface area contributed by atoms with Crippen LogP contribution in [0.5, 0.6) is 0 Å². The summed E-state index contributed by atoms with van der Waals surface area (Å²) in [6.07, 6.45) is 3.32. The lowest BCUT2D eigenvalue weighted by atomic mass is 9.98. The fourth-order valence-corrected chi connectivity index (χ4v) is 1.90. The lowest BCUT2D eigenvalue weighted by Crippen LogP contribution is -2.31. The van der Waals surface area contributed by atoms with Crippen LogP contribution in [-0.2, 0) is 6.54 Å². The van der Waals surface area contributed by atoms with Gasteiger partial charge in [0.25, 0.3) is 0 Å². The summed E-state index contributed by atoms with van der Waals surface area (Å²) < 4.78 is 5.00. The van der Waals surface area contributed by atoms with Gasteiger partial charge in [0.1, 0.15) is 5.84 Å². The molecule has 1 aromatic carbocycles. The third-order valence-electron chi connectivity index (χ3n) is 2.93. The highest BCUT2D eigenvalue weighted by atomic mass is 16.4. The van der Waals surface area contributed by atoms with Gasteiger partial charge in [-0.05, 0) is 11.6 Å². The average Bonchev–Trinajstić information content (AvgIpc) is 2.97. The maximum Gasteiger partial charge on any atom is 0.147 e. The van der Waals surface area contributed by atoms with Gasteiger partial charge in [-0.25, -0.2) is 0 Å². The van der Waals surface area contributed by atoms with Crippen molar-refractivity contribution in [1.29, 1.82) is 0 Å². The van der Waals surface area contributed by atoms with Crippen molar-refractivity contribution < 1.29 is 9.62 Å². The van der Waals surface area contributed by atoms with Gasteiger partial charge in [0.05, 0.1) is 18.4 Å². The zero-order valence-electron chi connectivity index (χ0n) is 10.5. The fourth-order valence-electron chi connectivity index (χ4n) is 1.90.